The summed E-state index contributed by atoms with van der Waals surface area (Å²) in [5.74, 6) is -0.943. The molecule has 2 N–H and O–H groups in total. The molecule has 1 aliphatic rings. The fourth-order valence-electron chi connectivity index (χ4n) is 3.54. The molecule has 1 saturated heterocycles. The molecular formula is C22H21N3O5. The van der Waals surface area contributed by atoms with Crippen molar-refractivity contribution in [1.29, 1.82) is 0 Å². The number of nitrogens with zero attached hydrogens (tertiary/aromatic N) is 1. The van der Waals surface area contributed by atoms with Gasteiger partial charge in [0, 0.05) is 30.3 Å². The number of non-ortho nitro benzene ring substituents is 1. The molecule has 0 spiro atoms. The van der Waals surface area contributed by atoms with E-state index in [1.54, 1.807) is 36.4 Å². The maximum absolute atomic E-state index is 12.5. The average molecular weight is 407 g/mol. The predicted octanol–water partition coefficient (Wildman–Crippen LogP) is 3.33. The quantitative estimate of drug-likeness (QED) is 0.330. The molecule has 2 aromatic rings. The molecule has 0 aromatic heterocycles. The van der Waals surface area contributed by atoms with Gasteiger partial charge in [-0.15, -0.1) is 0 Å². The summed E-state index contributed by atoms with van der Waals surface area (Å²) < 4.78 is 0. The van der Waals surface area contributed by atoms with Gasteiger partial charge >= 0.3 is 0 Å². The van der Waals surface area contributed by atoms with Crippen LogP contribution in [0, 0.1) is 10.1 Å². The van der Waals surface area contributed by atoms with Crippen molar-refractivity contribution in [2.75, 3.05) is 5.32 Å². The van der Waals surface area contributed by atoms with E-state index in [0.717, 1.165) is 5.56 Å². The summed E-state index contributed by atoms with van der Waals surface area (Å²) in [5, 5.41) is 15.9. The van der Waals surface area contributed by atoms with Crippen molar-refractivity contribution in [1.82, 2.24) is 5.32 Å². The summed E-state index contributed by atoms with van der Waals surface area (Å²) in [6, 6.07) is 12.9. The molecule has 0 aliphatic carbocycles. The van der Waals surface area contributed by atoms with Crippen molar-refractivity contribution in [3.63, 3.8) is 0 Å². The highest BCUT2D eigenvalue weighted by Gasteiger charge is 2.42. The normalized spacial score (nSPS) is 18.8. The monoisotopic (exact) mass is 407 g/mol. The van der Waals surface area contributed by atoms with Crippen LogP contribution in [0.5, 0.6) is 0 Å². The minimum absolute atomic E-state index is 0.0496. The molecule has 0 bridgehead atoms. The maximum Gasteiger partial charge on any atom is 0.270 e. The van der Waals surface area contributed by atoms with Crippen LogP contribution in [0.1, 0.15) is 37.3 Å². The van der Waals surface area contributed by atoms with Crippen LogP contribution in [0.25, 0.3) is 6.08 Å². The number of nitro benzene ring substituents is 1. The van der Waals surface area contributed by atoms with Crippen molar-refractivity contribution in [2.24, 2.45) is 0 Å². The van der Waals surface area contributed by atoms with Crippen LogP contribution < -0.4 is 10.6 Å². The molecule has 30 heavy (non-hydrogen) atoms. The Kier molecular flexibility index (Phi) is 6.06. The predicted molar refractivity (Wildman–Crippen MR) is 112 cm³/mol. The smallest absolute Gasteiger partial charge is 0.270 e. The molecule has 2 aromatic carbocycles. The Balaban J connectivity index is 1.69. The van der Waals surface area contributed by atoms with E-state index in [1.807, 2.05) is 6.92 Å². The lowest BCUT2D eigenvalue weighted by molar-refractivity contribution is -0.384. The third-order valence-corrected chi connectivity index (χ3v) is 5.28. The highest BCUT2D eigenvalue weighted by atomic mass is 16.6. The van der Waals surface area contributed by atoms with Gasteiger partial charge in [-0.2, -0.15) is 0 Å². The summed E-state index contributed by atoms with van der Waals surface area (Å²) in [5.41, 5.74) is 1.08. The molecule has 0 radical (unpaired) electrons. The van der Waals surface area contributed by atoms with Crippen molar-refractivity contribution in [3.8, 4) is 0 Å². The van der Waals surface area contributed by atoms with Crippen LogP contribution >= 0.6 is 0 Å². The largest absolute Gasteiger partial charge is 0.323 e. The summed E-state index contributed by atoms with van der Waals surface area (Å²) in [7, 11) is 0. The zero-order valence-electron chi connectivity index (χ0n) is 16.4. The standard InChI is InChI=1S/C22H21N3O5/c1-2-22(13-12-20(27)24-21(22)28)16-7-9-17(10-8-16)23-19(26)11-6-15-4-3-5-18(14-15)25(29)30/h3-11,14H,2,12-13H2,1H3,(H,23,26)(H,24,27,28). The van der Waals surface area contributed by atoms with E-state index < -0.39 is 10.3 Å². The van der Waals surface area contributed by atoms with Crippen LogP contribution in [0.15, 0.2) is 54.6 Å². The SMILES string of the molecule is CCC1(c2ccc(NC(=O)C=Cc3cccc([N+](=O)[O-])c3)cc2)CCC(=O)NC1=O. The Bertz CT molecular complexity index is 1030. The second-order valence-electron chi connectivity index (χ2n) is 7.06. The Labute approximate surface area is 173 Å². The lowest BCUT2D eigenvalue weighted by atomic mass is 9.72. The Morgan fingerprint density at radius 2 is 1.97 bits per heavy atom. The minimum atomic E-state index is -0.752. The lowest BCUT2D eigenvalue weighted by Crippen LogP contribution is -2.51. The van der Waals surface area contributed by atoms with Gasteiger partial charge in [0.05, 0.1) is 10.3 Å². The first kappa shape index (κ1) is 20.9. The van der Waals surface area contributed by atoms with Gasteiger partial charge in [-0.05, 0) is 42.2 Å². The third kappa shape index (κ3) is 4.43. The van der Waals surface area contributed by atoms with Crippen molar-refractivity contribution in [2.45, 2.75) is 31.6 Å². The van der Waals surface area contributed by atoms with Crippen LogP contribution in [0.3, 0.4) is 0 Å². The highest BCUT2D eigenvalue weighted by molar-refractivity contribution is 6.04. The first-order valence-corrected chi connectivity index (χ1v) is 9.52. The van der Waals surface area contributed by atoms with Gasteiger partial charge in [0.1, 0.15) is 0 Å². The van der Waals surface area contributed by atoms with Gasteiger partial charge in [0.2, 0.25) is 17.7 Å². The zero-order chi connectivity index (χ0) is 21.7. The summed E-state index contributed by atoms with van der Waals surface area (Å²) >= 11 is 0. The van der Waals surface area contributed by atoms with E-state index in [-0.39, 0.29) is 23.4 Å². The molecule has 3 rings (SSSR count). The van der Waals surface area contributed by atoms with E-state index in [4.69, 9.17) is 0 Å². The molecule has 1 unspecified atom stereocenters. The van der Waals surface area contributed by atoms with Gasteiger partial charge in [-0.3, -0.25) is 29.8 Å². The number of imide groups is 1. The van der Waals surface area contributed by atoms with Crippen LogP contribution in [0.4, 0.5) is 11.4 Å². The third-order valence-electron chi connectivity index (χ3n) is 5.28. The maximum atomic E-state index is 12.5. The number of nitro groups is 1. The van der Waals surface area contributed by atoms with Crippen molar-refractivity contribution >= 4 is 35.2 Å². The van der Waals surface area contributed by atoms with E-state index in [1.165, 1.54) is 24.3 Å². The molecule has 154 valence electrons. The second-order valence-corrected chi connectivity index (χ2v) is 7.06. The molecule has 1 aliphatic heterocycles. The van der Waals surface area contributed by atoms with Gasteiger partial charge in [-0.25, -0.2) is 0 Å². The highest BCUT2D eigenvalue weighted by Crippen LogP contribution is 2.36. The van der Waals surface area contributed by atoms with E-state index >= 15 is 0 Å². The first-order chi connectivity index (χ1) is 14.3. The first-order valence-electron chi connectivity index (χ1n) is 9.52. The molecule has 8 heteroatoms. The van der Waals surface area contributed by atoms with Gasteiger partial charge < -0.3 is 5.32 Å². The van der Waals surface area contributed by atoms with Gasteiger partial charge in [0.15, 0.2) is 0 Å². The number of hydrogen-bond donors (Lipinski definition) is 2. The zero-order valence-corrected chi connectivity index (χ0v) is 16.4. The molecule has 1 fully saturated rings. The number of piperidine rings is 1. The summed E-state index contributed by atoms with van der Waals surface area (Å²) in [6.07, 6.45) is 4.09. The van der Waals surface area contributed by atoms with Crippen LogP contribution in [0.2, 0.25) is 0 Å². The molecule has 8 nitrogen and oxygen atoms in total. The van der Waals surface area contributed by atoms with E-state index in [0.29, 0.717) is 30.5 Å². The second kappa shape index (κ2) is 8.69. The molecule has 0 saturated carbocycles. The van der Waals surface area contributed by atoms with Crippen LogP contribution in [-0.2, 0) is 19.8 Å². The summed E-state index contributed by atoms with van der Waals surface area (Å²) in [4.78, 5) is 46.4. The Morgan fingerprint density at radius 1 is 1.23 bits per heavy atom. The minimum Gasteiger partial charge on any atom is -0.323 e. The van der Waals surface area contributed by atoms with E-state index in [2.05, 4.69) is 10.6 Å². The molecule has 3 amide bonds. The summed E-state index contributed by atoms with van der Waals surface area (Å²) in [6.45, 7) is 1.91. The van der Waals surface area contributed by atoms with Crippen molar-refractivity contribution in [3.05, 3.63) is 75.8 Å². The number of benzene rings is 2. The Hall–Kier alpha value is -3.81. The number of amides is 3. The fourth-order valence-corrected chi connectivity index (χ4v) is 3.54. The number of hydrogen-bond acceptors (Lipinski definition) is 5. The Morgan fingerprint density at radius 3 is 2.60 bits per heavy atom. The number of carbonyl (C=O) groups is 3. The lowest BCUT2D eigenvalue weighted by Gasteiger charge is -2.35. The molecule has 1 heterocycles. The van der Waals surface area contributed by atoms with Crippen molar-refractivity contribution < 1.29 is 19.3 Å². The van der Waals surface area contributed by atoms with E-state index in [9.17, 15) is 24.5 Å². The van der Waals surface area contributed by atoms with Gasteiger partial charge in [0.25, 0.3) is 5.69 Å². The molecular weight excluding hydrogens is 386 g/mol. The molecule has 1 atom stereocenters. The topological polar surface area (TPSA) is 118 Å². The number of anilines is 1. The fraction of sp³-hybridized carbons (Fsp3) is 0.227. The van der Waals surface area contributed by atoms with Crippen LogP contribution in [-0.4, -0.2) is 22.6 Å². The number of rotatable bonds is 6. The van der Waals surface area contributed by atoms with Gasteiger partial charge in [-0.1, -0.05) is 31.2 Å². The average Bonchev–Trinajstić information content (AvgIpc) is 2.74. The number of carbonyl (C=O) groups excluding carboxylic acids is 3. The number of nitrogens with one attached hydrogen (secondary N) is 2.